The highest BCUT2D eigenvalue weighted by atomic mass is 31.2. The number of nitrogens with one attached hydrogen (secondary N) is 1. The van der Waals surface area contributed by atoms with Crippen molar-refractivity contribution in [2.24, 2.45) is 7.05 Å². The predicted molar refractivity (Wildman–Crippen MR) is 87.8 cm³/mol. The minimum absolute atomic E-state index is 0.0450. The van der Waals surface area contributed by atoms with Crippen molar-refractivity contribution in [3.63, 3.8) is 0 Å². The molecule has 6 nitrogen and oxygen atoms in total. The molecule has 0 aliphatic rings. The van der Waals surface area contributed by atoms with Gasteiger partial charge in [-0.25, -0.2) is 0 Å². The lowest BCUT2D eigenvalue weighted by Gasteiger charge is -2.14. The van der Waals surface area contributed by atoms with E-state index in [-0.39, 0.29) is 11.7 Å². The molecule has 1 aromatic carbocycles. The van der Waals surface area contributed by atoms with Crippen LogP contribution in [0.15, 0.2) is 18.3 Å². The van der Waals surface area contributed by atoms with E-state index in [0.29, 0.717) is 22.2 Å². The number of nitrogens with zero attached hydrogens (tertiary/aromatic N) is 2. The largest absolute Gasteiger partial charge is 0.507 e. The minimum Gasteiger partial charge on any atom is -0.507 e. The number of rotatable bonds is 3. The third-order valence-corrected chi connectivity index (χ3v) is 4.91. The van der Waals surface area contributed by atoms with Crippen LogP contribution in [0.25, 0.3) is 0 Å². The van der Waals surface area contributed by atoms with E-state index < -0.39 is 7.14 Å². The predicted octanol–water partition coefficient (Wildman–Crippen LogP) is 2.24. The number of amides is 1. The normalized spacial score (nSPS) is 11.5. The maximum Gasteiger partial charge on any atom is 0.257 e. The maximum atomic E-state index is 12.5. The van der Waals surface area contributed by atoms with Crippen LogP contribution in [-0.4, -0.2) is 34.1 Å². The first-order valence-electron chi connectivity index (χ1n) is 6.80. The highest BCUT2D eigenvalue weighted by Gasteiger charge is 2.21. The number of aryl methyl sites for hydroxylation is 3. The van der Waals surface area contributed by atoms with Gasteiger partial charge in [-0.15, -0.1) is 0 Å². The van der Waals surface area contributed by atoms with E-state index in [0.717, 1.165) is 5.56 Å². The van der Waals surface area contributed by atoms with Crippen LogP contribution in [0, 0.1) is 13.8 Å². The fraction of sp³-hybridized carbons (Fsp3) is 0.333. The molecule has 0 saturated heterocycles. The number of carbonyl (C=O) groups is 1. The fourth-order valence-electron chi connectivity index (χ4n) is 2.26. The van der Waals surface area contributed by atoms with E-state index in [4.69, 9.17) is 0 Å². The van der Waals surface area contributed by atoms with Gasteiger partial charge >= 0.3 is 0 Å². The summed E-state index contributed by atoms with van der Waals surface area (Å²) < 4.78 is 13.8. The number of carbonyl (C=O) groups excluding carboxylic acids is 1. The van der Waals surface area contributed by atoms with Gasteiger partial charge in [0.1, 0.15) is 12.9 Å². The van der Waals surface area contributed by atoms with Crippen LogP contribution in [0.1, 0.15) is 21.5 Å². The second kappa shape index (κ2) is 5.61. The molecule has 0 radical (unpaired) electrons. The Hall–Kier alpha value is -2.07. The molecule has 0 unspecified atom stereocenters. The van der Waals surface area contributed by atoms with E-state index in [1.54, 1.807) is 38.2 Å². The van der Waals surface area contributed by atoms with Crippen molar-refractivity contribution in [1.82, 2.24) is 9.78 Å². The second-order valence-corrected chi connectivity index (χ2v) is 8.98. The molecular weight excluding hydrogens is 301 g/mol. The van der Waals surface area contributed by atoms with Crippen molar-refractivity contribution in [1.29, 1.82) is 0 Å². The van der Waals surface area contributed by atoms with Crippen molar-refractivity contribution in [3.8, 4) is 5.75 Å². The second-order valence-electron chi connectivity index (χ2n) is 5.80. The zero-order chi connectivity index (χ0) is 16.7. The smallest absolute Gasteiger partial charge is 0.257 e. The molecule has 0 aliphatic heterocycles. The van der Waals surface area contributed by atoms with Crippen LogP contribution < -0.4 is 10.6 Å². The van der Waals surface area contributed by atoms with Crippen molar-refractivity contribution in [3.05, 3.63) is 35.0 Å². The first kappa shape index (κ1) is 16.3. The molecule has 118 valence electrons. The number of hydrogen-bond acceptors (Lipinski definition) is 4. The molecule has 1 heterocycles. The molecule has 1 amide bonds. The van der Waals surface area contributed by atoms with E-state index in [2.05, 4.69) is 10.4 Å². The van der Waals surface area contributed by atoms with Crippen LogP contribution >= 0.6 is 7.14 Å². The third kappa shape index (κ3) is 3.22. The maximum absolute atomic E-state index is 12.5. The summed E-state index contributed by atoms with van der Waals surface area (Å²) in [5, 5.41) is 17.2. The summed E-state index contributed by atoms with van der Waals surface area (Å²) in [6.45, 7) is 6.69. The number of hydrogen-bond donors (Lipinski definition) is 2. The molecule has 0 aliphatic carbocycles. The Labute approximate surface area is 129 Å². The lowest BCUT2D eigenvalue weighted by atomic mass is 10.1. The van der Waals surface area contributed by atoms with Crippen LogP contribution in [0.3, 0.4) is 0 Å². The lowest BCUT2D eigenvalue weighted by molar-refractivity contribution is 0.102. The zero-order valence-electron chi connectivity index (χ0n) is 13.3. The Morgan fingerprint density at radius 3 is 2.41 bits per heavy atom. The average Bonchev–Trinajstić information content (AvgIpc) is 2.65. The van der Waals surface area contributed by atoms with Gasteiger partial charge in [-0.05, 0) is 44.9 Å². The fourth-order valence-corrected chi connectivity index (χ4v) is 3.32. The van der Waals surface area contributed by atoms with Gasteiger partial charge in [0.2, 0.25) is 0 Å². The van der Waals surface area contributed by atoms with Crippen molar-refractivity contribution >= 4 is 24.2 Å². The van der Waals surface area contributed by atoms with Crippen LogP contribution in [0.5, 0.6) is 5.75 Å². The summed E-state index contributed by atoms with van der Waals surface area (Å²) in [5.41, 5.74) is 1.84. The molecule has 0 atom stereocenters. The van der Waals surface area contributed by atoms with Crippen molar-refractivity contribution in [2.75, 3.05) is 18.6 Å². The van der Waals surface area contributed by atoms with Gasteiger partial charge in [0.25, 0.3) is 5.91 Å². The molecule has 0 bridgehead atoms. The van der Waals surface area contributed by atoms with Crippen LogP contribution in [0.4, 0.5) is 5.82 Å². The molecule has 2 aromatic rings. The minimum atomic E-state index is -2.68. The number of benzene rings is 1. The summed E-state index contributed by atoms with van der Waals surface area (Å²) in [6.07, 6.45) is 1.80. The van der Waals surface area contributed by atoms with Crippen LogP contribution in [-0.2, 0) is 11.6 Å². The average molecular weight is 321 g/mol. The summed E-state index contributed by atoms with van der Waals surface area (Å²) in [6, 6.07) is 2.97. The zero-order valence-corrected chi connectivity index (χ0v) is 14.2. The number of phenolic OH excluding ortho intramolecular Hbond substituents is 1. The molecule has 0 saturated carbocycles. The number of phenols is 1. The van der Waals surface area contributed by atoms with E-state index in [9.17, 15) is 14.5 Å². The molecule has 2 rings (SSSR count). The molecule has 22 heavy (non-hydrogen) atoms. The molecular formula is C15H20N3O3P. The van der Waals surface area contributed by atoms with E-state index in [1.165, 1.54) is 12.1 Å². The third-order valence-electron chi connectivity index (χ3n) is 3.39. The van der Waals surface area contributed by atoms with Crippen molar-refractivity contribution in [2.45, 2.75) is 13.8 Å². The van der Waals surface area contributed by atoms with Gasteiger partial charge < -0.3 is 15.0 Å². The molecule has 7 heteroatoms. The number of anilines is 1. The topological polar surface area (TPSA) is 84.2 Å². The van der Waals surface area contributed by atoms with E-state index >= 15 is 0 Å². The molecule has 2 N–H and O–H groups in total. The SMILES string of the molecule is Cc1cc(O)c(P(C)(C)=O)cc1C(=O)Nc1nn(C)cc1C. The summed E-state index contributed by atoms with van der Waals surface area (Å²) in [5.74, 6) is 0.100. The van der Waals surface area contributed by atoms with Gasteiger partial charge in [-0.2, -0.15) is 5.10 Å². The monoisotopic (exact) mass is 321 g/mol. The first-order chi connectivity index (χ1) is 10.1. The van der Waals surface area contributed by atoms with Gasteiger partial charge in [0, 0.05) is 24.4 Å². The Morgan fingerprint density at radius 1 is 1.27 bits per heavy atom. The molecule has 1 aromatic heterocycles. The first-order valence-corrected chi connectivity index (χ1v) is 9.40. The Balaban J connectivity index is 2.42. The van der Waals surface area contributed by atoms with Gasteiger partial charge in [-0.3, -0.25) is 9.48 Å². The quantitative estimate of drug-likeness (QED) is 0.849. The Kier molecular flexibility index (Phi) is 4.16. The molecule has 0 spiro atoms. The van der Waals surface area contributed by atoms with Gasteiger partial charge in [0.05, 0.1) is 5.30 Å². The Morgan fingerprint density at radius 2 is 1.91 bits per heavy atom. The van der Waals surface area contributed by atoms with Crippen LogP contribution in [0.2, 0.25) is 0 Å². The Bertz CT molecular complexity index is 790. The molecule has 0 fully saturated rings. The summed E-state index contributed by atoms with van der Waals surface area (Å²) >= 11 is 0. The summed E-state index contributed by atoms with van der Waals surface area (Å²) in [4.78, 5) is 12.5. The lowest BCUT2D eigenvalue weighted by Crippen LogP contribution is -2.17. The summed E-state index contributed by atoms with van der Waals surface area (Å²) in [7, 11) is -0.905. The number of aromatic nitrogens is 2. The highest BCUT2D eigenvalue weighted by Crippen LogP contribution is 2.39. The van der Waals surface area contributed by atoms with Crippen molar-refractivity contribution < 1.29 is 14.5 Å². The van der Waals surface area contributed by atoms with Gasteiger partial charge in [-0.1, -0.05) is 0 Å². The highest BCUT2D eigenvalue weighted by molar-refractivity contribution is 7.70. The van der Waals surface area contributed by atoms with Gasteiger partial charge in [0.15, 0.2) is 5.82 Å². The van der Waals surface area contributed by atoms with E-state index in [1.807, 2.05) is 6.92 Å². The number of aromatic hydroxyl groups is 1. The standard InChI is InChI=1S/C15H20N3O3P/c1-9-6-12(19)13(22(4,5)21)7-11(9)15(20)16-14-10(2)8-18(3)17-14/h6-8,19H,1-5H3,(H,16,17,20).